The minimum Gasteiger partial charge on any atom is -0.379 e. The molecule has 0 amide bonds. The van der Waals surface area contributed by atoms with Gasteiger partial charge < -0.3 is 4.74 Å². The fraction of sp³-hybridized carbons (Fsp3) is 1.00. The summed E-state index contributed by atoms with van der Waals surface area (Å²) in [6, 6.07) is 0.368. The number of nitrogens with one attached hydrogen (secondary N) is 1. The molecule has 0 bridgehead atoms. The van der Waals surface area contributed by atoms with Gasteiger partial charge >= 0.3 is 0 Å². The molecular weight excluding hydrogens is 238 g/mol. The lowest BCUT2D eigenvalue weighted by Crippen LogP contribution is -2.63. The van der Waals surface area contributed by atoms with Gasteiger partial charge in [-0.05, 0) is 19.8 Å². The Morgan fingerprint density at radius 3 is 2.42 bits per heavy atom. The number of hydrogen-bond donors (Lipinski definition) is 2. The zero-order valence-corrected chi connectivity index (χ0v) is 13.1. The van der Waals surface area contributed by atoms with Gasteiger partial charge in [-0.3, -0.25) is 16.2 Å². The lowest BCUT2D eigenvalue weighted by molar-refractivity contribution is -0.0337. The maximum Gasteiger partial charge on any atom is 0.0594 e. The molecule has 1 aliphatic rings. The molecule has 4 nitrogen and oxygen atoms in total. The summed E-state index contributed by atoms with van der Waals surface area (Å²) in [6.07, 6.45) is 7.49. The Labute approximate surface area is 119 Å². The Bertz CT molecular complexity index is 231. The van der Waals surface area contributed by atoms with Crippen LogP contribution in [0.5, 0.6) is 0 Å². The molecule has 1 fully saturated rings. The molecule has 0 aliphatic carbocycles. The average molecular weight is 271 g/mol. The molecule has 0 aromatic rings. The summed E-state index contributed by atoms with van der Waals surface area (Å²) >= 11 is 0. The highest BCUT2D eigenvalue weighted by Crippen LogP contribution is 2.27. The van der Waals surface area contributed by atoms with Crippen LogP contribution in [-0.4, -0.2) is 42.8 Å². The molecule has 0 saturated carbocycles. The van der Waals surface area contributed by atoms with Gasteiger partial charge in [0.25, 0.3) is 0 Å². The zero-order valence-electron chi connectivity index (χ0n) is 13.1. The topological polar surface area (TPSA) is 50.5 Å². The quantitative estimate of drug-likeness (QED) is 0.384. The number of rotatable bonds is 9. The van der Waals surface area contributed by atoms with Crippen molar-refractivity contribution < 1.29 is 4.74 Å². The van der Waals surface area contributed by atoms with E-state index in [-0.39, 0.29) is 5.54 Å². The van der Waals surface area contributed by atoms with Crippen molar-refractivity contribution in [1.82, 2.24) is 10.3 Å². The highest BCUT2D eigenvalue weighted by Gasteiger charge is 2.37. The van der Waals surface area contributed by atoms with Gasteiger partial charge in [0.15, 0.2) is 0 Å². The minimum absolute atomic E-state index is 0.144. The second kappa shape index (κ2) is 8.90. The van der Waals surface area contributed by atoms with Crippen molar-refractivity contribution in [3.8, 4) is 0 Å². The van der Waals surface area contributed by atoms with Crippen molar-refractivity contribution in [2.75, 3.05) is 26.3 Å². The molecule has 1 saturated heterocycles. The van der Waals surface area contributed by atoms with E-state index in [0.717, 1.165) is 39.1 Å². The highest BCUT2D eigenvalue weighted by molar-refractivity contribution is 4.96. The summed E-state index contributed by atoms with van der Waals surface area (Å²) < 4.78 is 5.47. The van der Waals surface area contributed by atoms with E-state index in [0.29, 0.717) is 6.04 Å². The first kappa shape index (κ1) is 16.9. The molecule has 1 rings (SSSR count). The van der Waals surface area contributed by atoms with E-state index in [1.54, 1.807) is 0 Å². The fourth-order valence-corrected chi connectivity index (χ4v) is 3.11. The fourth-order valence-electron chi connectivity index (χ4n) is 3.11. The van der Waals surface area contributed by atoms with Crippen LogP contribution >= 0.6 is 0 Å². The summed E-state index contributed by atoms with van der Waals surface area (Å²) in [5, 5.41) is 0. The molecule has 0 radical (unpaired) electrons. The van der Waals surface area contributed by atoms with Crippen molar-refractivity contribution >= 4 is 0 Å². The Morgan fingerprint density at radius 1 is 1.21 bits per heavy atom. The van der Waals surface area contributed by atoms with Gasteiger partial charge in [0.2, 0.25) is 0 Å². The number of unbranched alkanes of at least 4 members (excludes halogenated alkanes) is 3. The molecule has 19 heavy (non-hydrogen) atoms. The molecule has 1 heterocycles. The monoisotopic (exact) mass is 271 g/mol. The van der Waals surface area contributed by atoms with Gasteiger partial charge in [-0.15, -0.1) is 0 Å². The van der Waals surface area contributed by atoms with Crippen LogP contribution in [0.15, 0.2) is 0 Å². The second-order valence-electron chi connectivity index (χ2n) is 5.88. The van der Waals surface area contributed by atoms with Gasteiger partial charge in [0.05, 0.1) is 13.2 Å². The summed E-state index contributed by atoms with van der Waals surface area (Å²) in [5.74, 6) is 5.85. The van der Waals surface area contributed by atoms with Crippen LogP contribution in [0.4, 0.5) is 0 Å². The summed E-state index contributed by atoms with van der Waals surface area (Å²) in [7, 11) is 0. The van der Waals surface area contributed by atoms with Crippen LogP contribution in [0.1, 0.15) is 59.3 Å². The van der Waals surface area contributed by atoms with Gasteiger partial charge in [0.1, 0.15) is 0 Å². The number of hydrazine groups is 1. The van der Waals surface area contributed by atoms with E-state index in [2.05, 4.69) is 31.1 Å². The predicted octanol–water partition coefficient (Wildman–Crippen LogP) is 2.29. The molecule has 0 aromatic carbocycles. The second-order valence-corrected chi connectivity index (χ2v) is 5.88. The Morgan fingerprint density at radius 2 is 1.89 bits per heavy atom. The van der Waals surface area contributed by atoms with Crippen molar-refractivity contribution in [1.29, 1.82) is 0 Å². The van der Waals surface area contributed by atoms with Gasteiger partial charge in [0, 0.05) is 24.7 Å². The van der Waals surface area contributed by atoms with Crippen LogP contribution in [0.3, 0.4) is 0 Å². The number of nitrogens with two attached hydrogens (primary N) is 1. The molecule has 0 aromatic heterocycles. The molecule has 0 spiro atoms. The number of ether oxygens (including phenoxy) is 1. The van der Waals surface area contributed by atoms with Crippen molar-refractivity contribution in [3.05, 3.63) is 0 Å². The molecule has 2 unspecified atom stereocenters. The first-order chi connectivity index (χ1) is 9.19. The average Bonchev–Trinajstić information content (AvgIpc) is 2.47. The van der Waals surface area contributed by atoms with E-state index in [1.165, 1.54) is 25.7 Å². The molecule has 114 valence electrons. The molecule has 1 aliphatic heterocycles. The predicted molar refractivity (Wildman–Crippen MR) is 81.0 cm³/mol. The smallest absolute Gasteiger partial charge is 0.0594 e. The zero-order chi connectivity index (χ0) is 14.1. The van der Waals surface area contributed by atoms with Crippen molar-refractivity contribution in [2.45, 2.75) is 70.9 Å². The first-order valence-electron chi connectivity index (χ1n) is 7.98. The highest BCUT2D eigenvalue weighted by atomic mass is 16.5. The summed E-state index contributed by atoms with van der Waals surface area (Å²) in [6.45, 7) is 10.6. The maximum atomic E-state index is 5.85. The third-order valence-electron chi connectivity index (χ3n) is 4.75. The number of hydrogen-bond acceptors (Lipinski definition) is 4. The van der Waals surface area contributed by atoms with E-state index in [4.69, 9.17) is 10.6 Å². The van der Waals surface area contributed by atoms with Gasteiger partial charge in [-0.2, -0.15) is 0 Å². The van der Waals surface area contributed by atoms with E-state index >= 15 is 0 Å². The standard InChI is InChI=1S/C15H33N3O/c1-4-6-7-8-9-14(17-16)15(3,5-2)18-10-12-19-13-11-18/h14,17H,4-13,16H2,1-3H3. The van der Waals surface area contributed by atoms with E-state index in [9.17, 15) is 0 Å². The van der Waals surface area contributed by atoms with E-state index < -0.39 is 0 Å². The Hall–Kier alpha value is -0.160. The van der Waals surface area contributed by atoms with Crippen LogP contribution in [0.2, 0.25) is 0 Å². The molecule has 3 N–H and O–H groups in total. The van der Waals surface area contributed by atoms with Gasteiger partial charge in [-0.25, -0.2) is 0 Å². The van der Waals surface area contributed by atoms with Crippen LogP contribution < -0.4 is 11.3 Å². The molecule has 4 heteroatoms. The molecular formula is C15H33N3O. The van der Waals surface area contributed by atoms with Crippen molar-refractivity contribution in [3.63, 3.8) is 0 Å². The third kappa shape index (κ3) is 4.71. The van der Waals surface area contributed by atoms with Gasteiger partial charge in [-0.1, -0.05) is 39.5 Å². The molecule has 2 atom stereocenters. The first-order valence-corrected chi connectivity index (χ1v) is 7.98. The van der Waals surface area contributed by atoms with Crippen LogP contribution in [-0.2, 0) is 4.74 Å². The summed E-state index contributed by atoms with van der Waals surface area (Å²) in [4.78, 5) is 2.56. The minimum atomic E-state index is 0.144. The lowest BCUT2D eigenvalue weighted by atomic mass is 9.84. The third-order valence-corrected chi connectivity index (χ3v) is 4.75. The SMILES string of the molecule is CCCCCCC(NN)C(C)(CC)N1CCOCC1. The lowest BCUT2D eigenvalue weighted by Gasteiger charge is -2.47. The summed E-state index contributed by atoms with van der Waals surface area (Å²) in [5.41, 5.74) is 3.23. The van der Waals surface area contributed by atoms with E-state index in [1.807, 2.05) is 0 Å². The maximum absolute atomic E-state index is 5.85. The largest absolute Gasteiger partial charge is 0.379 e. The Kier molecular flexibility index (Phi) is 7.91. The van der Waals surface area contributed by atoms with Crippen LogP contribution in [0.25, 0.3) is 0 Å². The number of morpholine rings is 1. The number of nitrogens with zero attached hydrogens (tertiary/aromatic N) is 1. The Balaban J connectivity index is 2.56. The normalized spacial score (nSPS) is 22.1. The van der Waals surface area contributed by atoms with Crippen molar-refractivity contribution in [2.24, 2.45) is 5.84 Å². The van der Waals surface area contributed by atoms with Crippen LogP contribution in [0, 0.1) is 0 Å².